The van der Waals surface area contributed by atoms with Crippen molar-refractivity contribution in [2.24, 2.45) is 0 Å². The monoisotopic (exact) mass is 504 g/mol. The number of hydrogen-bond donors (Lipinski definition) is 0. The molecule has 0 bridgehead atoms. The third-order valence-corrected chi connectivity index (χ3v) is 5.34. The standard InChI is InChI=1S/C26H17F5O5/c1-3-13-4-6-14(7-5-13)10-18-24(32)16-9-8-15(11-17(16)36-18)35-26(33)12(2)34-25-22(30)20(28)19(27)21(29)23(25)31/h4-12H,3H2,1-2H3/b18-10-. The molecule has 36 heavy (non-hydrogen) atoms. The Morgan fingerprint density at radius 1 is 0.944 bits per heavy atom. The Hall–Kier alpha value is -4.21. The lowest BCUT2D eigenvalue weighted by Crippen LogP contribution is -2.29. The summed E-state index contributed by atoms with van der Waals surface area (Å²) in [7, 11) is 0. The second kappa shape index (κ2) is 9.80. The summed E-state index contributed by atoms with van der Waals surface area (Å²) < 4.78 is 82.9. The lowest BCUT2D eigenvalue weighted by Gasteiger charge is -2.15. The molecule has 3 aromatic carbocycles. The average molecular weight is 504 g/mol. The van der Waals surface area contributed by atoms with Gasteiger partial charge in [-0.2, -0.15) is 8.78 Å². The number of aryl methyl sites for hydroxylation is 1. The van der Waals surface area contributed by atoms with E-state index in [-0.39, 0.29) is 28.6 Å². The number of ether oxygens (including phenoxy) is 3. The molecule has 10 heteroatoms. The Balaban J connectivity index is 1.48. The van der Waals surface area contributed by atoms with Crippen molar-refractivity contribution in [3.8, 4) is 17.2 Å². The number of rotatable bonds is 6. The van der Waals surface area contributed by atoms with E-state index in [1.54, 1.807) is 6.08 Å². The van der Waals surface area contributed by atoms with Gasteiger partial charge in [0.2, 0.25) is 34.9 Å². The molecule has 0 radical (unpaired) electrons. The zero-order chi connectivity index (χ0) is 26.1. The molecule has 186 valence electrons. The van der Waals surface area contributed by atoms with Crippen LogP contribution in [0.4, 0.5) is 22.0 Å². The van der Waals surface area contributed by atoms with E-state index in [2.05, 4.69) is 4.74 Å². The molecule has 0 fully saturated rings. The smallest absolute Gasteiger partial charge is 0.352 e. The SMILES string of the molecule is CCc1ccc(/C=C2\Oc3cc(OC(=O)C(C)Oc4c(F)c(F)c(F)c(F)c4F)ccc3C2=O)cc1. The number of esters is 1. The van der Waals surface area contributed by atoms with Gasteiger partial charge in [-0.25, -0.2) is 18.0 Å². The summed E-state index contributed by atoms with van der Waals surface area (Å²) >= 11 is 0. The van der Waals surface area contributed by atoms with Gasteiger partial charge in [-0.15, -0.1) is 0 Å². The molecule has 1 aliphatic rings. The van der Waals surface area contributed by atoms with Gasteiger partial charge in [0.1, 0.15) is 11.5 Å². The number of halogens is 5. The van der Waals surface area contributed by atoms with Gasteiger partial charge < -0.3 is 14.2 Å². The van der Waals surface area contributed by atoms with E-state index in [9.17, 15) is 31.5 Å². The van der Waals surface area contributed by atoms with E-state index >= 15 is 0 Å². The zero-order valence-corrected chi connectivity index (χ0v) is 18.8. The van der Waals surface area contributed by atoms with E-state index in [0.717, 1.165) is 24.5 Å². The second-order valence-corrected chi connectivity index (χ2v) is 7.77. The van der Waals surface area contributed by atoms with Crippen molar-refractivity contribution >= 4 is 17.8 Å². The lowest BCUT2D eigenvalue weighted by atomic mass is 10.1. The molecule has 0 spiro atoms. The van der Waals surface area contributed by atoms with Gasteiger partial charge in [0, 0.05) is 6.07 Å². The van der Waals surface area contributed by atoms with Crippen molar-refractivity contribution in [1.29, 1.82) is 0 Å². The Morgan fingerprint density at radius 2 is 1.56 bits per heavy atom. The molecule has 1 unspecified atom stereocenters. The normalized spacial score (nSPS) is 14.4. The molecule has 3 aromatic rings. The topological polar surface area (TPSA) is 61.8 Å². The third kappa shape index (κ3) is 4.66. The molecule has 5 nitrogen and oxygen atoms in total. The van der Waals surface area contributed by atoms with Crippen LogP contribution in [0.3, 0.4) is 0 Å². The van der Waals surface area contributed by atoms with Gasteiger partial charge in [0.05, 0.1) is 5.56 Å². The van der Waals surface area contributed by atoms with Crippen LogP contribution in [0.1, 0.15) is 35.3 Å². The fraction of sp³-hybridized carbons (Fsp3) is 0.154. The summed E-state index contributed by atoms with van der Waals surface area (Å²) in [6.45, 7) is 3.02. The minimum atomic E-state index is -2.35. The summed E-state index contributed by atoms with van der Waals surface area (Å²) in [6, 6.07) is 11.4. The zero-order valence-electron chi connectivity index (χ0n) is 18.8. The number of benzene rings is 3. The summed E-state index contributed by atoms with van der Waals surface area (Å²) in [5, 5.41) is 0. The fourth-order valence-corrected chi connectivity index (χ4v) is 3.34. The minimum absolute atomic E-state index is 0.0562. The number of hydrogen-bond acceptors (Lipinski definition) is 5. The first-order valence-electron chi connectivity index (χ1n) is 10.7. The van der Waals surface area contributed by atoms with Crippen LogP contribution in [0, 0.1) is 29.1 Å². The highest BCUT2D eigenvalue weighted by Gasteiger charge is 2.31. The molecule has 0 N–H and O–H groups in total. The van der Waals surface area contributed by atoms with Crippen molar-refractivity contribution in [1.82, 2.24) is 0 Å². The summed E-state index contributed by atoms with van der Waals surface area (Å²) in [6.07, 6.45) is 0.674. The molecular weight excluding hydrogens is 487 g/mol. The highest BCUT2D eigenvalue weighted by molar-refractivity contribution is 6.14. The first-order chi connectivity index (χ1) is 17.1. The average Bonchev–Trinajstić information content (AvgIpc) is 3.18. The van der Waals surface area contributed by atoms with Crippen molar-refractivity contribution in [3.05, 3.63) is 94.0 Å². The van der Waals surface area contributed by atoms with Crippen LogP contribution in [0.5, 0.6) is 17.2 Å². The van der Waals surface area contributed by atoms with Crippen LogP contribution >= 0.6 is 0 Å². The molecule has 0 aliphatic carbocycles. The Morgan fingerprint density at radius 3 is 2.17 bits per heavy atom. The van der Waals surface area contributed by atoms with Crippen LogP contribution in [0.25, 0.3) is 6.08 Å². The number of fused-ring (bicyclic) bond motifs is 1. The highest BCUT2D eigenvalue weighted by Crippen LogP contribution is 2.35. The number of carbonyl (C=O) groups excluding carboxylic acids is 2. The number of allylic oxidation sites excluding steroid dienone is 1. The Bertz CT molecular complexity index is 1370. The quantitative estimate of drug-likeness (QED) is 0.104. The molecule has 1 aliphatic heterocycles. The number of ketones is 1. The maximum Gasteiger partial charge on any atom is 0.352 e. The largest absolute Gasteiger partial charge is 0.473 e. The van der Waals surface area contributed by atoms with Crippen LogP contribution in [-0.4, -0.2) is 17.9 Å². The van der Waals surface area contributed by atoms with Gasteiger partial charge in [0.15, 0.2) is 17.6 Å². The predicted octanol–water partition coefficient (Wildman–Crippen LogP) is 5.93. The first kappa shape index (κ1) is 24.9. The maximum absolute atomic E-state index is 13.8. The predicted molar refractivity (Wildman–Crippen MR) is 117 cm³/mol. The van der Waals surface area contributed by atoms with Gasteiger partial charge in [0.25, 0.3) is 0 Å². The molecule has 0 aromatic heterocycles. The lowest BCUT2D eigenvalue weighted by molar-refractivity contribution is -0.141. The van der Waals surface area contributed by atoms with Gasteiger partial charge in [-0.05, 0) is 42.7 Å². The van der Waals surface area contributed by atoms with E-state index in [0.29, 0.717) is 0 Å². The Labute approximate surface area is 201 Å². The highest BCUT2D eigenvalue weighted by atomic mass is 19.2. The van der Waals surface area contributed by atoms with Crippen molar-refractivity contribution < 1.29 is 45.8 Å². The fourth-order valence-electron chi connectivity index (χ4n) is 3.34. The van der Waals surface area contributed by atoms with Gasteiger partial charge in [-0.3, -0.25) is 4.79 Å². The molecule has 0 saturated carbocycles. The van der Waals surface area contributed by atoms with Gasteiger partial charge in [-0.1, -0.05) is 31.2 Å². The van der Waals surface area contributed by atoms with Crippen molar-refractivity contribution in [3.63, 3.8) is 0 Å². The van der Waals surface area contributed by atoms with Gasteiger partial charge >= 0.3 is 5.97 Å². The van der Waals surface area contributed by atoms with E-state index in [4.69, 9.17) is 9.47 Å². The number of carbonyl (C=O) groups is 2. The number of Topliss-reactive ketones (excluding diaryl/α,β-unsaturated/α-hetero) is 1. The van der Waals surface area contributed by atoms with Crippen molar-refractivity contribution in [2.45, 2.75) is 26.4 Å². The third-order valence-electron chi connectivity index (χ3n) is 5.34. The molecule has 1 atom stereocenters. The summed E-state index contributed by atoms with van der Waals surface area (Å²) in [5.41, 5.74) is 2.09. The Kier molecular flexibility index (Phi) is 6.78. The maximum atomic E-state index is 13.8. The van der Waals surface area contributed by atoms with Crippen LogP contribution < -0.4 is 14.2 Å². The molecule has 1 heterocycles. The van der Waals surface area contributed by atoms with E-state index in [1.165, 1.54) is 18.2 Å². The first-order valence-corrected chi connectivity index (χ1v) is 10.7. The van der Waals surface area contributed by atoms with Crippen LogP contribution in [0.15, 0.2) is 48.2 Å². The molecule has 4 rings (SSSR count). The molecule has 0 saturated heterocycles. The van der Waals surface area contributed by atoms with E-state index in [1.807, 2.05) is 31.2 Å². The minimum Gasteiger partial charge on any atom is -0.473 e. The summed E-state index contributed by atoms with van der Waals surface area (Å²) in [4.78, 5) is 25.0. The second-order valence-electron chi connectivity index (χ2n) is 7.77. The molecule has 0 amide bonds. The van der Waals surface area contributed by atoms with E-state index < -0.39 is 46.9 Å². The van der Waals surface area contributed by atoms with Crippen LogP contribution in [-0.2, 0) is 11.2 Å². The van der Waals surface area contributed by atoms with Crippen LogP contribution in [0.2, 0.25) is 0 Å². The summed E-state index contributed by atoms with van der Waals surface area (Å²) in [5.74, 6) is -14.4. The molecular formula is C26H17F5O5. The van der Waals surface area contributed by atoms with Crippen molar-refractivity contribution in [2.75, 3.05) is 0 Å².